The average Bonchev–Trinajstić information content (AvgIpc) is 3.09. The molecular weight excluding hydrogens is 316 g/mol. The smallest absolute Gasteiger partial charge is 0.270 e. The van der Waals surface area contributed by atoms with E-state index in [1.807, 2.05) is 25.1 Å². The molecular formula is C19H24N4O2. The van der Waals surface area contributed by atoms with E-state index in [1.165, 1.54) is 11.1 Å². The maximum absolute atomic E-state index is 12.4. The molecule has 1 aromatic heterocycles. The Bertz CT molecular complexity index is 770. The quantitative estimate of drug-likeness (QED) is 0.875. The molecule has 1 aliphatic rings. The maximum atomic E-state index is 12.4. The highest BCUT2D eigenvalue weighted by Gasteiger charge is 2.17. The number of amides is 1. The summed E-state index contributed by atoms with van der Waals surface area (Å²) in [4.78, 5) is 21.1. The summed E-state index contributed by atoms with van der Waals surface area (Å²) in [6.07, 6.45) is 2.15. The number of anilines is 2. The summed E-state index contributed by atoms with van der Waals surface area (Å²) >= 11 is 0. The van der Waals surface area contributed by atoms with Crippen LogP contribution in [0.2, 0.25) is 0 Å². The van der Waals surface area contributed by atoms with E-state index in [0.29, 0.717) is 18.2 Å². The minimum atomic E-state index is -0.205. The van der Waals surface area contributed by atoms with E-state index in [2.05, 4.69) is 34.4 Å². The Labute approximate surface area is 148 Å². The fourth-order valence-corrected chi connectivity index (χ4v) is 2.79. The number of carbonyl (C=O) groups is 1. The van der Waals surface area contributed by atoms with E-state index in [9.17, 15) is 4.79 Å². The molecule has 1 saturated heterocycles. The molecule has 1 atom stereocenters. The highest BCUT2D eigenvalue weighted by molar-refractivity contribution is 5.92. The lowest BCUT2D eigenvalue weighted by molar-refractivity contribution is 0.0853. The lowest BCUT2D eigenvalue weighted by atomic mass is 10.1. The monoisotopic (exact) mass is 340 g/mol. The summed E-state index contributed by atoms with van der Waals surface area (Å²) in [5.41, 5.74) is 4.41. The third-order valence-corrected chi connectivity index (χ3v) is 4.36. The number of rotatable bonds is 5. The number of benzene rings is 1. The zero-order valence-corrected chi connectivity index (χ0v) is 14.9. The van der Waals surface area contributed by atoms with Gasteiger partial charge in [0.2, 0.25) is 5.95 Å². The Kier molecular flexibility index (Phi) is 5.28. The Morgan fingerprint density at radius 1 is 1.20 bits per heavy atom. The molecule has 25 heavy (non-hydrogen) atoms. The van der Waals surface area contributed by atoms with Crippen molar-refractivity contribution in [3.63, 3.8) is 0 Å². The predicted octanol–water partition coefficient (Wildman–Crippen LogP) is 3.05. The largest absolute Gasteiger partial charge is 0.376 e. The van der Waals surface area contributed by atoms with Crippen LogP contribution >= 0.6 is 0 Å². The number of ether oxygens (including phenoxy) is 1. The van der Waals surface area contributed by atoms with Crippen LogP contribution in [0, 0.1) is 20.8 Å². The second kappa shape index (κ2) is 7.61. The van der Waals surface area contributed by atoms with Gasteiger partial charge in [0.05, 0.1) is 6.10 Å². The molecule has 0 bridgehead atoms. The van der Waals surface area contributed by atoms with Crippen LogP contribution in [0.15, 0.2) is 24.3 Å². The maximum Gasteiger partial charge on any atom is 0.270 e. The summed E-state index contributed by atoms with van der Waals surface area (Å²) < 4.78 is 5.53. The second-order valence-corrected chi connectivity index (χ2v) is 6.49. The molecule has 0 aliphatic carbocycles. The van der Waals surface area contributed by atoms with Crippen molar-refractivity contribution < 1.29 is 9.53 Å². The normalized spacial score (nSPS) is 16.7. The minimum Gasteiger partial charge on any atom is -0.376 e. The molecule has 132 valence electrons. The van der Waals surface area contributed by atoms with Crippen LogP contribution in [-0.4, -0.2) is 35.1 Å². The first kappa shape index (κ1) is 17.4. The van der Waals surface area contributed by atoms with E-state index in [0.717, 1.165) is 30.8 Å². The first-order chi connectivity index (χ1) is 12.0. The van der Waals surface area contributed by atoms with Crippen molar-refractivity contribution in [1.82, 2.24) is 15.3 Å². The first-order valence-corrected chi connectivity index (χ1v) is 8.61. The molecule has 1 unspecified atom stereocenters. The lowest BCUT2D eigenvalue weighted by Crippen LogP contribution is -2.32. The molecule has 1 fully saturated rings. The SMILES string of the molecule is Cc1cc(C(=O)NCC2CCCO2)nc(Nc2ccc(C)c(C)c2)n1. The van der Waals surface area contributed by atoms with Gasteiger partial charge >= 0.3 is 0 Å². The van der Waals surface area contributed by atoms with Gasteiger partial charge < -0.3 is 15.4 Å². The minimum absolute atomic E-state index is 0.111. The third kappa shape index (κ3) is 4.54. The van der Waals surface area contributed by atoms with Crippen molar-refractivity contribution in [2.24, 2.45) is 0 Å². The van der Waals surface area contributed by atoms with Gasteiger partial charge in [-0.3, -0.25) is 4.79 Å². The molecule has 3 rings (SSSR count). The van der Waals surface area contributed by atoms with Crippen molar-refractivity contribution in [2.75, 3.05) is 18.5 Å². The fourth-order valence-electron chi connectivity index (χ4n) is 2.79. The second-order valence-electron chi connectivity index (χ2n) is 6.49. The Hall–Kier alpha value is -2.47. The van der Waals surface area contributed by atoms with Gasteiger partial charge in [0.1, 0.15) is 5.69 Å². The standard InChI is InChI=1S/C19H24N4O2/c1-12-6-7-15(9-13(12)2)22-19-21-14(3)10-17(23-19)18(24)20-11-16-5-4-8-25-16/h6-7,9-10,16H,4-5,8,11H2,1-3H3,(H,20,24)(H,21,22,23). The lowest BCUT2D eigenvalue weighted by Gasteiger charge is -2.12. The molecule has 1 aliphatic heterocycles. The molecule has 0 saturated carbocycles. The zero-order valence-electron chi connectivity index (χ0n) is 14.9. The number of nitrogens with zero attached hydrogens (tertiary/aromatic N) is 2. The molecule has 0 spiro atoms. The third-order valence-electron chi connectivity index (χ3n) is 4.36. The predicted molar refractivity (Wildman–Crippen MR) is 97.3 cm³/mol. The molecule has 1 amide bonds. The topological polar surface area (TPSA) is 76.1 Å². The van der Waals surface area contributed by atoms with E-state index in [1.54, 1.807) is 6.07 Å². The summed E-state index contributed by atoms with van der Waals surface area (Å²) in [5.74, 6) is 0.217. The average molecular weight is 340 g/mol. The van der Waals surface area contributed by atoms with Gasteiger partial charge in [0.25, 0.3) is 5.91 Å². The van der Waals surface area contributed by atoms with Gasteiger partial charge in [-0.15, -0.1) is 0 Å². The van der Waals surface area contributed by atoms with E-state index in [-0.39, 0.29) is 12.0 Å². The van der Waals surface area contributed by atoms with Gasteiger partial charge in [-0.05, 0) is 62.9 Å². The van der Waals surface area contributed by atoms with Crippen LogP contribution in [0.4, 0.5) is 11.6 Å². The number of nitrogens with one attached hydrogen (secondary N) is 2. The van der Waals surface area contributed by atoms with Gasteiger partial charge in [-0.2, -0.15) is 0 Å². The van der Waals surface area contributed by atoms with Crippen LogP contribution in [0.1, 0.15) is 40.2 Å². The Morgan fingerprint density at radius 3 is 2.76 bits per heavy atom. The van der Waals surface area contributed by atoms with Gasteiger partial charge in [-0.1, -0.05) is 6.07 Å². The molecule has 2 N–H and O–H groups in total. The summed E-state index contributed by atoms with van der Waals surface area (Å²) in [6, 6.07) is 7.75. The first-order valence-electron chi connectivity index (χ1n) is 8.61. The molecule has 2 heterocycles. The molecule has 1 aromatic carbocycles. The summed E-state index contributed by atoms with van der Waals surface area (Å²) in [5, 5.41) is 6.07. The fraction of sp³-hybridized carbons (Fsp3) is 0.421. The number of hydrogen-bond acceptors (Lipinski definition) is 5. The number of aromatic nitrogens is 2. The molecule has 0 radical (unpaired) electrons. The zero-order chi connectivity index (χ0) is 17.8. The van der Waals surface area contributed by atoms with Gasteiger partial charge in [0.15, 0.2) is 0 Å². The van der Waals surface area contributed by atoms with Crippen LogP contribution in [-0.2, 0) is 4.74 Å². The number of hydrogen-bond donors (Lipinski definition) is 2. The van der Waals surface area contributed by atoms with E-state index < -0.39 is 0 Å². The highest BCUT2D eigenvalue weighted by atomic mass is 16.5. The summed E-state index contributed by atoms with van der Waals surface area (Å²) in [6.45, 7) is 7.27. The van der Waals surface area contributed by atoms with E-state index >= 15 is 0 Å². The van der Waals surface area contributed by atoms with Crippen LogP contribution in [0.25, 0.3) is 0 Å². The molecule has 2 aromatic rings. The van der Waals surface area contributed by atoms with Crippen molar-refractivity contribution in [1.29, 1.82) is 0 Å². The number of carbonyl (C=O) groups excluding carboxylic acids is 1. The molecule has 6 nitrogen and oxygen atoms in total. The van der Waals surface area contributed by atoms with Crippen LogP contribution in [0.5, 0.6) is 0 Å². The summed E-state index contributed by atoms with van der Waals surface area (Å²) in [7, 11) is 0. The molecule has 6 heteroatoms. The van der Waals surface area contributed by atoms with Crippen molar-refractivity contribution in [3.05, 3.63) is 46.8 Å². The Balaban J connectivity index is 1.70. The van der Waals surface area contributed by atoms with E-state index in [4.69, 9.17) is 4.74 Å². The van der Waals surface area contributed by atoms with Crippen molar-refractivity contribution >= 4 is 17.5 Å². The van der Waals surface area contributed by atoms with Crippen LogP contribution in [0.3, 0.4) is 0 Å². The van der Waals surface area contributed by atoms with Crippen molar-refractivity contribution in [3.8, 4) is 0 Å². The van der Waals surface area contributed by atoms with Crippen LogP contribution < -0.4 is 10.6 Å². The van der Waals surface area contributed by atoms with Crippen molar-refractivity contribution in [2.45, 2.75) is 39.7 Å². The van der Waals surface area contributed by atoms with Gasteiger partial charge in [-0.25, -0.2) is 9.97 Å². The highest BCUT2D eigenvalue weighted by Crippen LogP contribution is 2.18. The number of aryl methyl sites for hydroxylation is 3. The Morgan fingerprint density at radius 2 is 2.04 bits per heavy atom. The van der Waals surface area contributed by atoms with Gasteiger partial charge in [0, 0.05) is 24.5 Å².